The summed E-state index contributed by atoms with van der Waals surface area (Å²) in [6.45, 7) is 5.62. The van der Waals surface area contributed by atoms with Gasteiger partial charge in [0, 0.05) is 17.6 Å². The second-order valence-corrected chi connectivity index (χ2v) is 9.76. The van der Waals surface area contributed by atoms with Crippen molar-refractivity contribution in [1.29, 1.82) is 0 Å². The Labute approximate surface area is 221 Å². The van der Waals surface area contributed by atoms with Crippen LogP contribution in [0.3, 0.4) is 0 Å². The van der Waals surface area contributed by atoms with Crippen LogP contribution in [0.2, 0.25) is 0 Å². The number of fused-ring (bicyclic) bond motifs is 1. The van der Waals surface area contributed by atoms with Gasteiger partial charge in [-0.3, -0.25) is 9.59 Å². The molecule has 3 aromatic carbocycles. The maximum Gasteiger partial charge on any atom is 0.247 e. The molecule has 1 aromatic heterocycles. The Morgan fingerprint density at radius 3 is 2.42 bits per heavy atom. The molecule has 4 aromatic rings. The van der Waals surface area contributed by atoms with Crippen molar-refractivity contribution in [3.63, 3.8) is 0 Å². The topological polar surface area (TPSA) is 89.4 Å². The van der Waals surface area contributed by atoms with Crippen LogP contribution in [0.25, 0.3) is 11.0 Å². The highest BCUT2D eigenvalue weighted by atomic mass is 19.1. The summed E-state index contributed by atoms with van der Waals surface area (Å²) in [5.74, 6) is -0.782. The van der Waals surface area contributed by atoms with Crippen molar-refractivity contribution in [3.8, 4) is 5.75 Å². The van der Waals surface area contributed by atoms with E-state index in [0.29, 0.717) is 23.2 Å². The SMILES string of the molecule is CCC(C)(C)NC(=O)[C@@H](c1ccccc1F)N(Cc1ccc(OC)cc1)C(=O)Cn1nnc2ccccc21. The molecule has 0 aliphatic rings. The van der Waals surface area contributed by atoms with Gasteiger partial charge >= 0.3 is 0 Å². The molecule has 0 radical (unpaired) electrons. The van der Waals surface area contributed by atoms with Gasteiger partial charge in [-0.05, 0) is 56.2 Å². The van der Waals surface area contributed by atoms with E-state index in [0.717, 1.165) is 5.56 Å². The van der Waals surface area contributed by atoms with Gasteiger partial charge in [0.1, 0.15) is 29.7 Å². The first-order valence-electron chi connectivity index (χ1n) is 12.5. The predicted octanol–water partition coefficient (Wildman–Crippen LogP) is 4.65. The van der Waals surface area contributed by atoms with Crippen LogP contribution in [0.1, 0.15) is 44.4 Å². The van der Waals surface area contributed by atoms with Crippen molar-refractivity contribution in [1.82, 2.24) is 25.2 Å². The molecule has 2 amide bonds. The van der Waals surface area contributed by atoms with Gasteiger partial charge < -0.3 is 15.0 Å². The van der Waals surface area contributed by atoms with E-state index in [2.05, 4.69) is 15.6 Å². The first-order chi connectivity index (χ1) is 18.2. The van der Waals surface area contributed by atoms with Gasteiger partial charge in [0.2, 0.25) is 11.8 Å². The van der Waals surface area contributed by atoms with E-state index in [1.807, 2.05) is 51.1 Å². The highest BCUT2D eigenvalue weighted by Gasteiger charge is 2.35. The van der Waals surface area contributed by atoms with E-state index in [-0.39, 0.29) is 18.7 Å². The van der Waals surface area contributed by atoms with Crippen LogP contribution in [0.4, 0.5) is 4.39 Å². The third-order valence-corrected chi connectivity index (χ3v) is 6.64. The number of aromatic nitrogens is 3. The fourth-order valence-corrected chi connectivity index (χ4v) is 4.14. The van der Waals surface area contributed by atoms with Crippen molar-refractivity contribution in [2.45, 2.75) is 51.9 Å². The average Bonchev–Trinajstić information content (AvgIpc) is 3.32. The summed E-state index contributed by atoms with van der Waals surface area (Å²) in [7, 11) is 1.57. The molecule has 38 heavy (non-hydrogen) atoms. The zero-order valence-electron chi connectivity index (χ0n) is 22.0. The minimum absolute atomic E-state index is 0.0639. The Balaban J connectivity index is 1.78. The molecule has 0 saturated carbocycles. The van der Waals surface area contributed by atoms with Crippen molar-refractivity contribution in [2.24, 2.45) is 0 Å². The summed E-state index contributed by atoms with van der Waals surface area (Å²) in [6, 6.07) is 19.3. The van der Waals surface area contributed by atoms with Crippen LogP contribution in [-0.2, 0) is 22.7 Å². The summed E-state index contributed by atoms with van der Waals surface area (Å²) in [4.78, 5) is 29.2. The van der Waals surface area contributed by atoms with Crippen LogP contribution >= 0.6 is 0 Å². The van der Waals surface area contributed by atoms with Crippen molar-refractivity contribution in [2.75, 3.05) is 7.11 Å². The molecule has 0 aliphatic carbocycles. The Morgan fingerprint density at radius 2 is 1.74 bits per heavy atom. The molecule has 4 rings (SSSR count). The third-order valence-electron chi connectivity index (χ3n) is 6.64. The smallest absolute Gasteiger partial charge is 0.247 e. The number of hydrogen-bond acceptors (Lipinski definition) is 5. The molecule has 0 unspecified atom stereocenters. The van der Waals surface area contributed by atoms with Crippen LogP contribution in [0, 0.1) is 5.82 Å². The number of benzene rings is 3. The van der Waals surface area contributed by atoms with Crippen LogP contribution in [-0.4, -0.2) is 44.4 Å². The number of para-hydroxylation sites is 1. The monoisotopic (exact) mass is 517 g/mol. The molecule has 1 heterocycles. The number of carbonyl (C=O) groups excluding carboxylic acids is 2. The van der Waals surface area contributed by atoms with E-state index in [1.165, 1.54) is 21.7 Å². The average molecular weight is 518 g/mol. The number of methoxy groups -OCH3 is 1. The zero-order chi connectivity index (χ0) is 27.3. The summed E-state index contributed by atoms with van der Waals surface area (Å²) in [5.41, 5.74) is 1.64. The first-order valence-corrected chi connectivity index (χ1v) is 12.5. The normalized spacial score (nSPS) is 12.2. The predicted molar refractivity (Wildman–Crippen MR) is 143 cm³/mol. The van der Waals surface area contributed by atoms with Gasteiger partial charge in [-0.25, -0.2) is 9.07 Å². The summed E-state index contributed by atoms with van der Waals surface area (Å²) in [5, 5.41) is 11.3. The van der Waals surface area contributed by atoms with E-state index in [1.54, 1.807) is 37.4 Å². The van der Waals surface area contributed by atoms with Gasteiger partial charge in [-0.15, -0.1) is 5.10 Å². The van der Waals surface area contributed by atoms with Gasteiger partial charge in [0.05, 0.1) is 12.6 Å². The Kier molecular flexibility index (Phi) is 8.05. The summed E-state index contributed by atoms with van der Waals surface area (Å²) < 4.78 is 21.9. The van der Waals surface area contributed by atoms with Crippen molar-refractivity contribution in [3.05, 3.63) is 89.7 Å². The molecule has 1 atom stereocenters. The van der Waals surface area contributed by atoms with Gasteiger partial charge in [0.25, 0.3) is 0 Å². The maximum atomic E-state index is 15.2. The molecule has 1 N–H and O–H groups in total. The van der Waals surface area contributed by atoms with E-state index in [4.69, 9.17) is 4.74 Å². The number of amides is 2. The van der Waals surface area contributed by atoms with E-state index in [9.17, 15) is 9.59 Å². The number of rotatable bonds is 10. The van der Waals surface area contributed by atoms with Crippen molar-refractivity contribution >= 4 is 22.8 Å². The molecule has 0 bridgehead atoms. The molecular formula is C29H32FN5O3. The molecule has 9 heteroatoms. The number of carbonyl (C=O) groups is 2. The standard InChI is InChI=1S/C29H32FN5O3/c1-5-29(2,3)31-28(37)27(22-10-6-7-11-23(22)30)34(18-20-14-16-21(38-4)17-15-20)26(36)19-35-25-13-9-8-12-24(25)32-33-35/h6-17,27H,5,18-19H2,1-4H3,(H,31,37)/t27-/m1/s1. The minimum Gasteiger partial charge on any atom is -0.497 e. The zero-order valence-corrected chi connectivity index (χ0v) is 22.0. The van der Waals surface area contributed by atoms with Crippen LogP contribution < -0.4 is 10.1 Å². The van der Waals surface area contributed by atoms with Gasteiger partial charge in [-0.1, -0.05) is 54.6 Å². The second-order valence-electron chi connectivity index (χ2n) is 9.76. The molecule has 198 valence electrons. The highest BCUT2D eigenvalue weighted by molar-refractivity contribution is 5.89. The van der Waals surface area contributed by atoms with E-state index < -0.39 is 29.2 Å². The van der Waals surface area contributed by atoms with Crippen molar-refractivity contribution < 1.29 is 18.7 Å². The Morgan fingerprint density at radius 1 is 1.05 bits per heavy atom. The lowest BCUT2D eigenvalue weighted by molar-refractivity contribution is -0.143. The largest absolute Gasteiger partial charge is 0.497 e. The molecule has 8 nitrogen and oxygen atoms in total. The Hall–Kier alpha value is -4.27. The number of nitrogens with zero attached hydrogens (tertiary/aromatic N) is 4. The molecule has 0 aliphatic heterocycles. The number of ether oxygens (including phenoxy) is 1. The second kappa shape index (κ2) is 11.4. The molecular weight excluding hydrogens is 485 g/mol. The highest BCUT2D eigenvalue weighted by Crippen LogP contribution is 2.28. The van der Waals surface area contributed by atoms with E-state index >= 15 is 4.39 Å². The van der Waals surface area contributed by atoms with Crippen LogP contribution in [0.5, 0.6) is 5.75 Å². The van der Waals surface area contributed by atoms with Gasteiger partial charge in [0.15, 0.2) is 0 Å². The third kappa shape index (κ3) is 5.99. The quantitative estimate of drug-likeness (QED) is 0.331. The molecule has 0 spiro atoms. The summed E-state index contributed by atoms with van der Waals surface area (Å²) in [6.07, 6.45) is 0.653. The fraction of sp³-hybridized carbons (Fsp3) is 0.310. The lowest BCUT2D eigenvalue weighted by Crippen LogP contribution is -2.50. The fourth-order valence-electron chi connectivity index (χ4n) is 4.14. The first kappa shape index (κ1) is 26.8. The lowest BCUT2D eigenvalue weighted by atomic mass is 9.98. The summed E-state index contributed by atoms with van der Waals surface area (Å²) >= 11 is 0. The lowest BCUT2D eigenvalue weighted by Gasteiger charge is -2.35. The number of nitrogens with one attached hydrogen (secondary N) is 1. The Bertz CT molecular complexity index is 1420. The number of hydrogen-bond donors (Lipinski definition) is 1. The number of halogens is 1. The molecule has 0 saturated heterocycles. The minimum atomic E-state index is -1.22. The maximum absolute atomic E-state index is 15.2. The van der Waals surface area contributed by atoms with Crippen LogP contribution in [0.15, 0.2) is 72.8 Å². The van der Waals surface area contributed by atoms with Gasteiger partial charge in [-0.2, -0.15) is 0 Å². The molecule has 0 fully saturated rings.